The van der Waals surface area contributed by atoms with E-state index in [1.54, 1.807) is 30.0 Å². The summed E-state index contributed by atoms with van der Waals surface area (Å²) >= 11 is 0. The number of carbonyl (C=O) groups excluding carboxylic acids is 2. The molecule has 0 heterocycles. The van der Waals surface area contributed by atoms with E-state index < -0.39 is 12.1 Å². The van der Waals surface area contributed by atoms with Gasteiger partial charge in [-0.25, -0.2) is 4.79 Å². The highest BCUT2D eigenvalue weighted by Gasteiger charge is 2.24. The molecule has 0 saturated carbocycles. The van der Waals surface area contributed by atoms with Crippen molar-refractivity contribution in [3.63, 3.8) is 0 Å². The van der Waals surface area contributed by atoms with Gasteiger partial charge < -0.3 is 20.1 Å². The number of hydrogen-bond acceptors (Lipinski definition) is 5. The number of ether oxygens (including phenoxy) is 2. The molecule has 6 heteroatoms. The second-order valence-corrected chi connectivity index (χ2v) is 4.49. The summed E-state index contributed by atoms with van der Waals surface area (Å²) in [5.41, 5.74) is 6.29. The van der Waals surface area contributed by atoms with E-state index in [4.69, 9.17) is 15.2 Å². The van der Waals surface area contributed by atoms with Crippen LogP contribution in [0.25, 0.3) is 0 Å². The van der Waals surface area contributed by atoms with Gasteiger partial charge in [0.05, 0.1) is 12.8 Å². The smallest absolute Gasteiger partial charge is 0.342 e. The van der Waals surface area contributed by atoms with Crippen molar-refractivity contribution < 1.29 is 19.1 Å². The number of rotatable bonds is 6. The van der Waals surface area contributed by atoms with Gasteiger partial charge in [-0.15, -0.1) is 0 Å². The minimum absolute atomic E-state index is 0.205. The summed E-state index contributed by atoms with van der Waals surface area (Å²) < 4.78 is 10.3. The molecule has 0 radical (unpaired) electrons. The molecule has 0 aliphatic rings. The molecule has 1 amide bonds. The molecule has 21 heavy (non-hydrogen) atoms. The summed E-state index contributed by atoms with van der Waals surface area (Å²) in [6, 6.07) is 4.80. The van der Waals surface area contributed by atoms with Crippen LogP contribution in [0.2, 0.25) is 0 Å². The van der Waals surface area contributed by atoms with Gasteiger partial charge in [-0.1, -0.05) is 6.07 Å². The Kier molecular flexibility index (Phi) is 6.02. The first kappa shape index (κ1) is 16.8. The first-order valence-electron chi connectivity index (χ1n) is 6.88. The third-order valence-corrected chi connectivity index (χ3v) is 3.18. The van der Waals surface area contributed by atoms with Gasteiger partial charge in [0, 0.05) is 13.1 Å². The quantitative estimate of drug-likeness (QED) is 0.638. The molecule has 0 bridgehead atoms. The van der Waals surface area contributed by atoms with Crippen LogP contribution < -0.4 is 10.5 Å². The van der Waals surface area contributed by atoms with Gasteiger partial charge in [0.25, 0.3) is 5.91 Å². The van der Waals surface area contributed by atoms with Crippen molar-refractivity contribution in [3.05, 3.63) is 23.8 Å². The number of likely N-dealkylation sites (N-methyl/N-ethyl adjacent to an activating group) is 1. The third kappa shape index (κ3) is 3.87. The zero-order chi connectivity index (χ0) is 16.0. The molecular formula is C15H22N2O4. The van der Waals surface area contributed by atoms with Crippen molar-refractivity contribution in [2.75, 3.05) is 25.9 Å². The Morgan fingerprint density at radius 2 is 1.90 bits per heavy atom. The SMILES string of the molecule is CCN(CC)C(=O)C(C)OC(=O)c1cccc(N)c1OC. The molecule has 0 aliphatic carbocycles. The monoisotopic (exact) mass is 294 g/mol. The molecule has 1 aromatic rings. The van der Waals surface area contributed by atoms with Crippen LogP contribution in [0.5, 0.6) is 5.75 Å². The number of nitrogens with two attached hydrogens (primary N) is 1. The van der Waals surface area contributed by atoms with Gasteiger partial charge in [-0.3, -0.25) is 4.79 Å². The third-order valence-electron chi connectivity index (χ3n) is 3.18. The van der Waals surface area contributed by atoms with Crippen LogP contribution in [0, 0.1) is 0 Å². The summed E-state index contributed by atoms with van der Waals surface area (Å²) in [5.74, 6) is -0.603. The molecule has 0 saturated heterocycles. The second-order valence-electron chi connectivity index (χ2n) is 4.49. The van der Waals surface area contributed by atoms with E-state index in [1.807, 2.05) is 13.8 Å². The highest BCUT2D eigenvalue weighted by Crippen LogP contribution is 2.26. The van der Waals surface area contributed by atoms with Crippen molar-refractivity contribution >= 4 is 17.6 Å². The van der Waals surface area contributed by atoms with Crippen LogP contribution in [0.1, 0.15) is 31.1 Å². The van der Waals surface area contributed by atoms with Crippen molar-refractivity contribution in [1.29, 1.82) is 0 Å². The van der Waals surface area contributed by atoms with E-state index in [9.17, 15) is 9.59 Å². The van der Waals surface area contributed by atoms with Gasteiger partial charge in [-0.2, -0.15) is 0 Å². The zero-order valence-corrected chi connectivity index (χ0v) is 12.9. The lowest BCUT2D eigenvalue weighted by molar-refractivity contribution is -0.139. The molecule has 2 N–H and O–H groups in total. The number of nitrogen functional groups attached to an aromatic ring is 1. The van der Waals surface area contributed by atoms with Gasteiger partial charge in [0.2, 0.25) is 0 Å². The molecule has 116 valence electrons. The number of para-hydroxylation sites is 1. The lowest BCUT2D eigenvalue weighted by atomic mass is 10.1. The van der Waals surface area contributed by atoms with Gasteiger partial charge in [-0.05, 0) is 32.9 Å². The number of methoxy groups -OCH3 is 1. The highest BCUT2D eigenvalue weighted by atomic mass is 16.5. The molecule has 1 aromatic carbocycles. The maximum absolute atomic E-state index is 12.2. The molecule has 0 spiro atoms. The Labute approximate surface area is 124 Å². The fourth-order valence-corrected chi connectivity index (χ4v) is 2.01. The van der Waals surface area contributed by atoms with Crippen LogP contribution >= 0.6 is 0 Å². The molecule has 1 atom stereocenters. The Morgan fingerprint density at radius 1 is 1.29 bits per heavy atom. The molecule has 6 nitrogen and oxygen atoms in total. The zero-order valence-electron chi connectivity index (χ0n) is 12.9. The molecule has 1 unspecified atom stereocenters. The fourth-order valence-electron chi connectivity index (χ4n) is 2.01. The number of esters is 1. The summed E-state index contributed by atoms with van der Waals surface area (Å²) in [7, 11) is 1.42. The highest BCUT2D eigenvalue weighted by molar-refractivity contribution is 5.96. The Hall–Kier alpha value is -2.24. The number of benzene rings is 1. The van der Waals surface area contributed by atoms with E-state index >= 15 is 0 Å². The van der Waals surface area contributed by atoms with Crippen molar-refractivity contribution in [1.82, 2.24) is 4.90 Å². The summed E-state index contributed by atoms with van der Waals surface area (Å²) in [4.78, 5) is 25.9. The van der Waals surface area contributed by atoms with Gasteiger partial charge in [0.15, 0.2) is 11.9 Å². The number of hydrogen-bond donors (Lipinski definition) is 1. The number of carbonyl (C=O) groups is 2. The first-order valence-corrected chi connectivity index (χ1v) is 6.88. The van der Waals surface area contributed by atoms with Crippen LogP contribution in [-0.2, 0) is 9.53 Å². The molecule has 0 aromatic heterocycles. The van der Waals surface area contributed by atoms with Crippen molar-refractivity contribution in [2.45, 2.75) is 26.9 Å². The Bertz CT molecular complexity index is 512. The Morgan fingerprint density at radius 3 is 2.43 bits per heavy atom. The van der Waals surface area contributed by atoms with E-state index in [1.165, 1.54) is 7.11 Å². The van der Waals surface area contributed by atoms with Crippen LogP contribution in [0.3, 0.4) is 0 Å². The average molecular weight is 294 g/mol. The van der Waals surface area contributed by atoms with Crippen LogP contribution in [-0.4, -0.2) is 43.1 Å². The van der Waals surface area contributed by atoms with Crippen molar-refractivity contribution in [2.24, 2.45) is 0 Å². The largest absolute Gasteiger partial charge is 0.494 e. The maximum Gasteiger partial charge on any atom is 0.342 e. The van der Waals surface area contributed by atoms with Gasteiger partial charge in [0.1, 0.15) is 5.56 Å². The number of amides is 1. The van der Waals surface area contributed by atoms with Crippen molar-refractivity contribution in [3.8, 4) is 5.75 Å². The van der Waals surface area contributed by atoms with E-state index in [0.717, 1.165) is 0 Å². The first-order chi connectivity index (χ1) is 9.96. The number of anilines is 1. The fraction of sp³-hybridized carbons (Fsp3) is 0.467. The normalized spacial score (nSPS) is 11.6. The van der Waals surface area contributed by atoms with Gasteiger partial charge >= 0.3 is 5.97 Å². The molecule has 1 rings (SSSR count). The predicted octanol–water partition coefficient (Wildman–Crippen LogP) is 1.69. The summed E-state index contributed by atoms with van der Waals surface area (Å²) in [6.07, 6.45) is -0.858. The van der Waals surface area contributed by atoms with Crippen LogP contribution in [0.15, 0.2) is 18.2 Å². The maximum atomic E-state index is 12.2. The minimum atomic E-state index is -0.858. The lowest BCUT2D eigenvalue weighted by Crippen LogP contribution is -2.39. The predicted molar refractivity (Wildman–Crippen MR) is 80.2 cm³/mol. The summed E-state index contributed by atoms with van der Waals surface area (Å²) in [6.45, 7) is 6.43. The average Bonchev–Trinajstić information content (AvgIpc) is 2.47. The Balaban J connectivity index is 2.87. The summed E-state index contributed by atoms with van der Waals surface area (Å²) in [5, 5.41) is 0. The van der Waals surface area contributed by atoms with E-state index in [-0.39, 0.29) is 17.2 Å². The lowest BCUT2D eigenvalue weighted by Gasteiger charge is -2.23. The van der Waals surface area contributed by atoms with E-state index in [2.05, 4.69) is 0 Å². The van der Waals surface area contributed by atoms with Crippen LogP contribution in [0.4, 0.5) is 5.69 Å². The van der Waals surface area contributed by atoms with E-state index in [0.29, 0.717) is 18.8 Å². The number of nitrogens with zero attached hydrogens (tertiary/aromatic N) is 1. The second kappa shape index (κ2) is 7.52. The molecule has 0 fully saturated rings. The molecular weight excluding hydrogens is 272 g/mol. The molecule has 0 aliphatic heterocycles. The standard InChI is InChI=1S/C15H22N2O4/c1-5-17(6-2)14(18)10(3)21-15(19)11-8-7-9-12(16)13(11)20-4/h7-10H,5-6,16H2,1-4H3. The topological polar surface area (TPSA) is 81.9 Å². The minimum Gasteiger partial charge on any atom is -0.494 e.